The van der Waals surface area contributed by atoms with Gasteiger partial charge in [-0.2, -0.15) is 5.26 Å². The average Bonchev–Trinajstić information content (AvgIpc) is 2.35. The number of nitrogens with zero attached hydrogens (tertiary/aromatic N) is 2. The van der Waals surface area contributed by atoms with Gasteiger partial charge in [0.15, 0.2) is 0 Å². The van der Waals surface area contributed by atoms with Gasteiger partial charge in [-0.05, 0) is 36.8 Å². The Hall–Kier alpha value is -2.12. The highest BCUT2D eigenvalue weighted by Gasteiger charge is 2.19. The van der Waals surface area contributed by atoms with Crippen LogP contribution in [0.1, 0.15) is 12.5 Å². The molecule has 1 aromatic carbocycles. The SMILES string of the molecule is CC(C(=O)N(C)c1ccc(C#N)cc1)=C1CNC1. The Morgan fingerprint density at radius 1 is 1.33 bits per heavy atom. The number of nitriles is 1. The first-order chi connectivity index (χ1) is 8.63. The molecule has 0 atom stereocenters. The van der Waals surface area contributed by atoms with Crippen molar-refractivity contribution in [1.29, 1.82) is 5.26 Å². The van der Waals surface area contributed by atoms with Crippen LogP contribution in [0.15, 0.2) is 35.4 Å². The van der Waals surface area contributed by atoms with Crippen LogP contribution in [-0.2, 0) is 4.79 Å². The lowest BCUT2D eigenvalue weighted by Crippen LogP contribution is -2.38. The van der Waals surface area contributed by atoms with Crippen molar-refractivity contribution in [3.05, 3.63) is 41.0 Å². The first kappa shape index (κ1) is 12.3. The Morgan fingerprint density at radius 2 is 1.94 bits per heavy atom. The van der Waals surface area contributed by atoms with Crippen molar-refractivity contribution in [2.75, 3.05) is 25.0 Å². The molecular formula is C14H15N3O. The summed E-state index contributed by atoms with van der Waals surface area (Å²) in [6, 6.07) is 9.06. The van der Waals surface area contributed by atoms with Crippen molar-refractivity contribution >= 4 is 11.6 Å². The number of benzene rings is 1. The lowest BCUT2D eigenvalue weighted by Gasteiger charge is -2.24. The largest absolute Gasteiger partial charge is 0.312 e. The number of hydrogen-bond acceptors (Lipinski definition) is 3. The second-order valence-electron chi connectivity index (χ2n) is 4.35. The monoisotopic (exact) mass is 241 g/mol. The summed E-state index contributed by atoms with van der Waals surface area (Å²) in [5.74, 6) is 0.0104. The van der Waals surface area contributed by atoms with Gasteiger partial charge in [-0.25, -0.2) is 0 Å². The number of rotatable bonds is 2. The standard InChI is InChI=1S/C14H15N3O/c1-10(12-8-16-9-12)14(18)17(2)13-5-3-11(7-15)4-6-13/h3-6,16H,8-9H2,1-2H3. The summed E-state index contributed by atoms with van der Waals surface area (Å²) < 4.78 is 0. The third-order valence-electron chi connectivity index (χ3n) is 3.22. The summed E-state index contributed by atoms with van der Waals surface area (Å²) in [5.41, 5.74) is 3.37. The van der Waals surface area contributed by atoms with E-state index in [4.69, 9.17) is 5.26 Å². The zero-order valence-electron chi connectivity index (χ0n) is 10.5. The number of carbonyl (C=O) groups is 1. The first-order valence-corrected chi connectivity index (χ1v) is 5.81. The Bertz CT molecular complexity index is 531. The van der Waals surface area contributed by atoms with E-state index in [-0.39, 0.29) is 5.91 Å². The summed E-state index contributed by atoms with van der Waals surface area (Å²) in [6.45, 7) is 3.47. The van der Waals surface area contributed by atoms with Gasteiger partial charge in [-0.1, -0.05) is 0 Å². The lowest BCUT2D eigenvalue weighted by molar-refractivity contribution is -0.114. The molecule has 1 heterocycles. The number of likely N-dealkylation sites (N-methyl/N-ethyl adjacent to an activating group) is 1. The topological polar surface area (TPSA) is 56.1 Å². The minimum absolute atomic E-state index is 0.0104. The minimum atomic E-state index is 0.0104. The highest BCUT2D eigenvalue weighted by atomic mass is 16.2. The minimum Gasteiger partial charge on any atom is -0.312 e. The second kappa shape index (κ2) is 5.03. The van der Waals surface area contributed by atoms with Crippen molar-refractivity contribution in [2.45, 2.75) is 6.92 Å². The molecule has 0 saturated carbocycles. The van der Waals surface area contributed by atoms with E-state index in [1.807, 2.05) is 6.92 Å². The van der Waals surface area contributed by atoms with Crippen molar-refractivity contribution in [1.82, 2.24) is 5.32 Å². The van der Waals surface area contributed by atoms with E-state index in [2.05, 4.69) is 11.4 Å². The smallest absolute Gasteiger partial charge is 0.253 e. The molecule has 1 aliphatic heterocycles. The predicted molar refractivity (Wildman–Crippen MR) is 70.1 cm³/mol. The first-order valence-electron chi connectivity index (χ1n) is 5.81. The highest BCUT2D eigenvalue weighted by molar-refractivity contribution is 6.05. The van der Waals surface area contributed by atoms with E-state index in [1.165, 1.54) is 5.57 Å². The van der Waals surface area contributed by atoms with Crippen molar-refractivity contribution < 1.29 is 4.79 Å². The van der Waals surface area contributed by atoms with Gasteiger partial charge in [0, 0.05) is 31.4 Å². The molecule has 92 valence electrons. The zero-order valence-corrected chi connectivity index (χ0v) is 10.5. The Morgan fingerprint density at radius 3 is 2.39 bits per heavy atom. The third-order valence-corrected chi connectivity index (χ3v) is 3.22. The molecule has 18 heavy (non-hydrogen) atoms. The van der Waals surface area contributed by atoms with Crippen LogP contribution in [0.4, 0.5) is 5.69 Å². The fourth-order valence-corrected chi connectivity index (χ4v) is 1.79. The molecule has 0 aromatic heterocycles. The number of amides is 1. The Balaban J connectivity index is 2.17. The molecule has 0 unspecified atom stereocenters. The molecule has 1 aliphatic rings. The zero-order chi connectivity index (χ0) is 13.1. The maximum Gasteiger partial charge on any atom is 0.253 e. The molecule has 1 saturated heterocycles. The lowest BCUT2D eigenvalue weighted by atomic mass is 10.0. The van der Waals surface area contributed by atoms with E-state index in [9.17, 15) is 4.79 Å². The molecule has 0 aliphatic carbocycles. The Labute approximate surface area is 107 Å². The summed E-state index contributed by atoms with van der Waals surface area (Å²) in [6.07, 6.45) is 0. The summed E-state index contributed by atoms with van der Waals surface area (Å²) in [4.78, 5) is 13.8. The molecule has 1 aromatic rings. The van der Waals surface area contributed by atoms with Crippen LogP contribution < -0.4 is 10.2 Å². The second-order valence-corrected chi connectivity index (χ2v) is 4.35. The molecule has 1 fully saturated rings. The number of hydrogen-bond donors (Lipinski definition) is 1. The van der Waals surface area contributed by atoms with Crippen LogP contribution in [0.2, 0.25) is 0 Å². The third kappa shape index (κ3) is 2.27. The molecule has 4 heteroatoms. The Kier molecular flexibility index (Phi) is 3.45. The molecule has 0 radical (unpaired) electrons. The fourth-order valence-electron chi connectivity index (χ4n) is 1.79. The van der Waals surface area contributed by atoms with Gasteiger partial charge in [0.05, 0.1) is 11.6 Å². The van der Waals surface area contributed by atoms with Gasteiger partial charge in [-0.15, -0.1) is 0 Å². The highest BCUT2D eigenvalue weighted by Crippen LogP contribution is 2.18. The van der Waals surface area contributed by atoms with Crippen molar-refractivity contribution in [3.63, 3.8) is 0 Å². The van der Waals surface area contributed by atoms with Gasteiger partial charge >= 0.3 is 0 Å². The van der Waals surface area contributed by atoms with Crippen LogP contribution in [0.3, 0.4) is 0 Å². The normalized spacial score (nSPS) is 13.5. The number of anilines is 1. The molecule has 1 N–H and O–H groups in total. The molecule has 0 bridgehead atoms. The van der Waals surface area contributed by atoms with Crippen LogP contribution in [0.25, 0.3) is 0 Å². The summed E-state index contributed by atoms with van der Waals surface area (Å²) >= 11 is 0. The molecule has 4 nitrogen and oxygen atoms in total. The van der Waals surface area contributed by atoms with E-state index >= 15 is 0 Å². The predicted octanol–water partition coefficient (Wildman–Crippen LogP) is 1.44. The fraction of sp³-hybridized carbons (Fsp3) is 0.286. The van der Waals surface area contributed by atoms with Crippen LogP contribution >= 0.6 is 0 Å². The van der Waals surface area contributed by atoms with E-state index in [1.54, 1.807) is 36.2 Å². The van der Waals surface area contributed by atoms with Gasteiger partial charge in [0.1, 0.15) is 0 Å². The van der Waals surface area contributed by atoms with Crippen molar-refractivity contribution in [3.8, 4) is 6.07 Å². The van der Waals surface area contributed by atoms with Gasteiger partial charge in [0.2, 0.25) is 0 Å². The quantitative estimate of drug-likeness (QED) is 0.797. The van der Waals surface area contributed by atoms with Crippen molar-refractivity contribution in [2.24, 2.45) is 0 Å². The maximum atomic E-state index is 12.2. The van der Waals surface area contributed by atoms with E-state index in [0.29, 0.717) is 5.56 Å². The average molecular weight is 241 g/mol. The van der Waals surface area contributed by atoms with Gasteiger partial charge < -0.3 is 10.2 Å². The van der Waals surface area contributed by atoms with Crippen LogP contribution in [0, 0.1) is 11.3 Å². The van der Waals surface area contributed by atoms with Gasteiger partial charge in [-0.3, -0.25) is 4.79 Å². The summed E-state index contributed by atoms with van der Waals surface area (Å²) in [7, 11) is 1.75. The number of nitrogens with one attached hydrogen (secondary N) is 1. The molecule has 0 spiro atoms. The number of carbonyl (C=O) groups excluding carboxylic acids is 1. The van der Waals surface area contributed by atoms with Gasteiger partial charge in [0.25, 0.3) is 5.91 Å². The van der Waals surface area contributed by atoms with Crippen LogP contribution in [-0.4, -0.2) is 26.0 Å². The van der Waals surface area contributed by atoms with Crippen LogP contribution in [0.5, 0.6) is 0 Å². The maximum absolute atomic E-state index is 12.2. The van der Waals surface area contributed by atoms with E-state index < -0.39 is 0 Å². The molecule has 1 amide bonds. The molecular weight excluding hydrogens is 226 g/mol. The summed E-state index contributed by atoms with van der Waals surface area (Å²) in [5, 5.41) is 11.9. The van der Waals surface area contributed by atoms with E-state index in [0.717, 1.165) is 24.4 Å². The molecule has 2 rings (SSSR count).